The summed E-state index contributed by atoms with van der Waals surface area (Å²) in [5.74, 6) is 2.34. The van der Waals surface area contributed by atoms with Gasteiger partial charge in [0.2, 0.25) is 0 Å². The van der Waals surface area contributed by atoms with Crippen molar-refractivity contribution in [1.29, 1.82) is 0 Å². The lowest BCUT2D eigenvalue weighted by molar-refractivity contribution is -0.160. The first kappa shape index (κ1) is 38.3. The van der Waals surface area contributed by atoms with Crippen LogP contribution in [0, 0.1) is 0 Å². The zero-order valence-electron chi connectivity index (χ0n) is 30.5. The molecule has 0 amide bonds. The van der Waals surface area contributed by atoms with E-state index < -0.39 is 15.4 Å². The Balaban J connectivity index is 1.26. The van der Waals surface area contributed by atoms with Gasteiger partial charge in [-0.05, 0) is 104 Å². The van der Waals surface area contributed by atoms with E-state index in [0.29, 0.717) is 50.2 Å². The molecule has 0 spiro atoms. The molecule has 5 aromatic carbocycles. The minimum Gasteiger partial charge on any atom is -0.492 e. The van der Waals surface area contributed by atoms with Gasteiger partial charge in [-0.1, -0.05) is 55.5 Å². The molecule has 0 radical (unpaired) electrons. The number of benzene rings is 5. The van der Waals surface area contributed by atoms with E-state index in [1.54, 1.807) is 24.3 Å². The molecule has 0 N–H and O–H groups in total. The molecule has 0 aliphatic carbocycles. The number of likely N-dealkylation sites (N-methyl/N-ethyl adjacent to an activating group) is 1. The average molecular weight is 726 g/mol. The van der Waals surface area contributed by atoms with E-state index in [0.717, 1.165) is 39.8 Å². The quantitative estimate of drug-likeness (QED) is 0.0692. The predicted octanol–water partition coefficient (Wildman–Crippen LogP) is 8.34. The van der Waals surface area contributed by atoms with Gasteiger partial charge >= 0.3 is 5.97 Å². The monoisotopic (exact) mass is 725 g/mol. The zero-order valence-corrected chi connectivity index (χ0v) is 31.3. The summed E-state index contributed by atoms with van der Waals surface area (Å²) in [6, 6.07) is 34.2. The highest BCUT2D eigenvalue weighted by Crippen LogP contribution is 2.41. The Hall–Kier alpha value is -4.90. The first-order valence-corrected chi connectivity index (χ1v) is 19.2. The zero-order chi connectivity index (χ0) is 37.1. The maximum atomic E-state index is 12.1. The molecule has 10 heteroatoms. The van der Waals surface area contributed by atoms with E-state index in [9.17, 15) is 13.2 Å². The lowest BCUT2D eigenvalue weighted by Crippen LogP contribution is -2.32. The maximum Gasteiger partial charge on any atom is 0.332 e. The van der Waals surface area contributed by atoms with E-state index >= 15 is 0 Å². The highest BCUT2D eigenvalue weighted by molar-refractivity contribution is 7.90. The highest BCUT2D eigenvalue weighted by atomic mass is 32.2. The third kappa shape index (κ3) is 11.3. The van der Waals surface area contributed by atoms with Gasteiger partial charge in [-0.25, -0.2) is 13.2 Å². The summed E-state index contributed by atoms with van der Waals surface area (Å²) in [7, 11) is -3.34. The number of esters is 1. The summed E-state index contributed by atoms with van der Waals surface area (Å²) in [5, 5.41) is 1.82. The van der Waals surface area contributed by atoms with Crippen LogP contribution in [0.25, 0.3) is 21.9 Å². The molecule has 0 fully saturated rings. The molecule has 274 valence electrons. The van der Waals surface area contributed by atoms with Gasteiger partial charge in [-0.3, -0.25) is 4.90 Å². The number of carbonyl (C=O) groups excluding carboxylic acids is 1. The van der Waals surface area contributed by atoms with Crippen molar-refractivity contribution in [3.05, 3.63) is 115 Å². The van der Waals surface area contributed by atoms with Gasteiger partial charge in [0.25, 0.3) is 0 Å². The van der Waals surface area contributed by atoms with Crippen molar-refractivity contribution in [2.24, 2.45) is 0 Å². The summed E-state index contributed by atoms with van der Waals surface area (Å²) >= 11 is 0. The van der Waals surface area contributed by atoms with Crippen LogP contribution in [0.4, 0.5) is 0 Å². The van der Waals surface area contributed by atoms with Crippen LogP contribution in [0.15, 0.2) is 114 Å². The van der Waals surface area contributed by atoms with Crippen molar-refractivity contribution in [3.63, 3.8) is 0 Å². The Kier molecular flexibility index (Phi) is 12.9. The molecule has 0 saturated carbocycles. The minimum atomic E-state index is -3.34. The lowest BCUT2D eigenvalue weighted by Gasteiger charge is -2.21. The standard InChI is InChI=1S/C42H47NO8S/c1-6-43(24-26-47-30-40(44)51-42(2,3)4)25-27-48-34-15-17-35(18-16-34)50-41-38(32-12-20-37(21-13-32)52(5,45)46)22-14-33-28-36(19-23-39(33)41)49-29-31-10-8-7-9-11-31/h7-23,28H,6,24-27,29-30H2,1-5H3. The topological polar surface area (TPSA) is 101 Å². The summed E-state index contributed by atoms with van der Waals surface area (Å²) < 4.78 is 53.8. The average Bonchev–Trinajstić information content (AvgIpc) is 3.12. The number of rotatable bonds is 17. The first-order chi connectivity index (χ1) is 24.9. The summed E-state index contributed by atoms with van der Waals surface area (Å²) in [5.41, 5.74) is 2.19. The Morgan fingerprint density at radius 2 is 1.42 bits per heavy atom. The summed E-state index contributed by atoms with van der Waals surface area (Å²) in [6.45, 7) is 11.0. The number of nitrogens with zero attached hydrogens (tertiary/aromatic N) is 1. The van der Waals surface area contributed by atoms with Gasteiger partial charge in [0, 0.05) is 30.3 Å². The number of carbonyl (C=O) groups is 1. The molecule has 0 saturated heterocycles. The minimum absolute atomic E-state index is 0.0698. The largest absolute Gasteiger partial charge is 0.492 e. The summed E-state index contributed by atoms with van der Waals surface area (Å²) in [6.07, 6.45) is 1.20. The number of fused-ring (bicyclic) bond motifs is 1. The van der Waals surface area contributed by atoms with Crippen LogP contribution in [0.1, 0.15) is 33.3 Å². The SMILES string of the molecule is CCN(CCOCC(=O)OC(C)(C)C)CCOc1ccc(Oc2c(-c3ccc(S(C)(=O)=O)cc3)ccc3cc(OCc4ccccc4)ccc23)cc1. The fourth-order valence-electron chi connectivity index (χ4n) is 5.49. The molecule has 0 atom stereocenters. The maximum absolute atomic E-state index is 12.1. The van der Waals surface area contributed by atoms with Gasteiger partial charge in [0.05, 0.1) is 11.5 Å². The Bertz CT molecular complexity index is 2020. The van der Waals surface area contributed by atoms with Crippen molar-refractivity contribution >= 4 is 26.6 Å². The molecule has 9 nitrogen and oxygen atoms in total. The number of sulfone groups is 1. The lowest BCUT2D eigenvalue weighted by atomic mass is 9.99. The third-order valence-electron chi connectivity index (χ3n) is 8.14. The van der Waals surface area contributed by atoms with Crippen molar-refractivity contribution in [1.82, 2.24) is 4.90 Å². The van der Waals surface area contributed by atoms with Gasteiger partial charge < -0.3 is 23.7 Å². The third-order valence-corrected chi connectivity index (χ3v) is 9.27. The van der Waals surface area contributed by atoms with Gasteiger partial charge in [0.1, 0.15) is 48.4 Å². The second-order valence-corrected chi connectivity index (χ2v) is 15.4. The van der Waals surface area contributed by atoms with E-state index in [1.165, 1.54) is 6.26 Å². The first-order valence-electron chi connectivity index (χ1n) is 17.3. The second kappa shape index (κ2) is 17.5. The van der Waals surface area contributed by atoms with Gasteiger partial charge in [0.15, 0.2) is 9.84 Å². The number of hydrogen-bond acceptors (Lipinski definition) is 9. The van der Waals surface area contributed by atoms with E-state index in [1.807, 2.05) is 106 Å². The Morgan fingerprint density at radius 1 is 0.750 bits per heavy atom. The van der Waals surface area contributed by atoms with Gasteiger partial charge in [-0.15, -0.1) is 0 Å². The van der Waals surface area contributed by atoms with Crippen LogP contribution >= 0.6 is 0 Å². The summed E-state index contributed by atoms with van der Waals surface area (Å²) in [4.78, 5) is 14.3. The molecule has 0 bridgehead atoms. The van der Waals surface area contributed by atoms with E-state index in [2.05, 4.69) is 11.8 Å². The highest BCUT2D eigenvalue weighted by Gasteiger charge is 2.17. The molecule has 0 heterocycles. The Labute approximate surface area is 307 Å². The molecule has 5 rings (SSSR count). The molecule has 0 aliphatic heterocycles. The van der Waals surface area contributed by atoms with Crippen molar-refractivity contribution < 1.29 is 36.9 Å². The molecule has 0 aliphatic rings. The van der Waals surface area contributed by atoms with Gasteiger partial charge in [-0.2, -0.15) is 0 Å². The predicted molar refractivity (Wildman–Crippen MR) is 204 cm³/mol. The van der Waals surface area contributed by atoms with Crippen LogP contribution in [-0.2, 0) is 30.7 Å². The normalized spacial score (nSPS) is 11.8. The fraction of sp³-hybridized carbons (Fsp3) is 0.310. The van der Waals surface area contributed by atoms with Crippen LogP contribution in [-0.4, -0.2) is 70.6 Å². The fourth-order valence-corrected chi connectivity index (χ4v) is 6.12. The molecule has 0 unspecified atom stereocenters. The van der Waals surface area contributed by atoms with Crippen molar-refractivity contribution in [2.45, 2.75) is 44.8 Å². The van der Waals surface area contributed by atoms with E-state index in [-0.39, 0.29) is 17.5 Å². The van der Waals surface area contributed by atoms with Crippen molar-refractivity contribution in [2.75, 3.05) is 45.7 Å². The molecule has 5 aromatic rings. The molecule has 0 aromatic heterocycles. The Morgan fingerprint density at radius 3 is 2.10 bits per heavy atom. The number of ether oxygens (including phenoxy) is 5. The second-order valence-electron chi connectivity index (χ2n) is 13.4. The smallest absolute Gasteiger partial charge is 0.332 e. The molecular weight excluding hydrogens is 679 g/mol. The van der Waals surface area contributed by atoms with Crippen LogP contribution in [0.5, 0.6) is 23.0 Å². The van der Waals surface area contributed by atoms with Crippen molar-refractivity contribution in [3.8, 4) is 34.1 Å². The van der Waals surface area contributed by atoms with Crippen LogP contribution in [0.3, 0.4) is 0 Å². The van der Waals surface area contributed by atoms with Crippen LogP contribution < -0.4 is 14.2 Å². The molecule has 52 heavy (non-hydrogen) atoms. The molecular formula is C42H47NO8S. The number of hydrogen-bond donors (Lipinski definition) is 0. The van der Waals surface area contributed by atoms with Crippen LogP contribution in [0.2, 0.25) is 0 Å². The van der Waals surface area contributed by atoms with E-state index in [4.69, 9.17) is 23.7 Å².